The zero-order valence-electron chi connectivity index (χ0n) is 11.3. The van der Waals surface area contributed by atoms with Crippen molar-refractivity contribution in [2.45, 2.75) is 26.3 Å². The number of nitrogens with one attached hydrogen (secondary N) is 1. The third-order valence-corrected chi connectivity index (χ3v) is 3.10. The lowest BCUT2D eigenvalue weighted by atomic mass is 10.4. The second-order valence-electron chi connectivity index (χ2n) is 4.73. The zero-order chi connectivity index (χ0) is 13.9. The Hall–Kier alpha value is -2.38. The number of hydrogen-bond acceptors (Lipinski definition) is 8. The van der Waals surface area contributed by atoms with Gasteiger partial charge in [0.1, 0.15) is 5.76 Å². The van der Waals surface area contributed by atoms with Gasteiger partial charge in [0.2, 0.25) is 23.7 Å². The number of oxazole rings is 1. The second-order valence-corrected chi connectivity index (χ2v) is 4.73. The predicted octanol–water partition coefficient (Wildman–Crippen LogP) is 0.963. The molecule has 1 aliphatic heterocycles. The fourth-order valence-electron chi connectivity index (χ4n) is 2.16. The van der Waals surface area contributed by atoms with Crippen LogP contribution < -0.4 is 16.0 Å². The van der Waals surface area contributed by atoms with Crippen molar-refractivity contribution in [2.24, 2.45) is 0 Å². The third kappa shape index (κ3) is 2.79. The van der Waals surface area contributed by atoms with Gasteiger partial charge in [-0.3, -0.25) is 0 Å². The molecule has 0 aliphatic carbocycles. The number of aryl methyl sites for hydroxylation is 1. The van der Waals surface area contributed by atoms with Gasteiger partial charge in [-0.2, -0.15) is 15.0 Å². The van der Waals surface area contributed by atoms with Gasteiger partial charge in [-0.25, -0.2) is 4.98 Å². The Balaban J connectivity index is 1.72. The van der Waals surface area contributed by atoms with Gasteiger partial charge >= 0.3 is 0 Å². The van der Waals surface area contributed by atoms with Crippen molar-refractivity contribution >= 4 is 17.8 Å². The Kier molecular flexibility index (Phi) is 3.36. The fraction of sp³-hybridized carbons (Fsp3) is 0.500. The van der Waals surface area contributed by atoms with Crippen molar-refractivity contribution in [1.82, 2.24) is 19.9 Å². The molecule has 1 aliphatic rings. The lowest BCUT2D eigenvalue weighted by molar-refractivity contribution is 0.478. The molecule has 3 N–H and O–H groups in total. The van der Waals surface area contributed by atoms with Gasteiger partial charge < -0.3 is 20.4 Å². The van der Waals surface area contributed by atoms with Crippen LogP contribution in [0.1, 0.15) is 24.5 Å². The number of anilines is 3. The average molecular weight is 275 g/mol. The zero-order valence-corrected chi connectivity index (χ0v) is 11.3. The van der Waals surface area contributed by atoms with Crippen LogP contribution in [0.3, 0.4) is 0 Å². The summed E-state index contributed by atoms with van der Waals surface area (Å²) in [5.41, 5.74) is 5.73. The van der Waals surface area contributed by atoms with E-state index in [1.165, 1.54) is 0 Å². The summed E-state index contributed by atoms with van der Waals surface area (Å²) < 4.78 is 5.38. The summed E-state index contributed by atoms with van der Waals surface area (Å²) >= 11 is 0. The molecule has 20 heavy (non-hydrogen) atoms. The minimum atomic E-state index is 0.216. The summed E-state index contributed by atoms with van der Waals surface area (Å²) in [6.07, 6.45) is 3.99. The molecule has 2 aromatic heterocycles. The van der Waals surface area contributed by atoms with E-state index in [2.05, 4.69) is 30.2 Å². The first kappa shape index (κ1) is 12.6. The summed E-state index contributed by atoms with van der Waals surface area (Å²) in [5.74, 6) is 2.64. The first-order chi connectivity index (χ1) is 9.70. The molecule has 3 rings (SSSR count). The van der Waals surface area contributed by atoms with E-state index < -0.39 is 0 Å². The maximum absolute atomic E-state index is 5.73. The van der Waals surface area contributed by atoms with Crippen molar-refractivity contribution in [3.8, 4) is 0 Å². The second kappa shape index (κ2) is 5.32. The fourth-order valence-corrected chi connectivity index (χ4v) is 2.16. The van der Waals surface area contributed by atoms with Crippen molar-refractivity contribution in [2.75, 3.05) is 29.0 Å². The number of aromatic nitrogens is 4. The normalized spacial score (nSPS) is 14.8. The molecule has 106 valence electrons. The number of nitrogen functional groups attached to an aromatic ring is 1. The quantitative estimate of drug-likeness (QED) is 0.850. The molecular weight excluding hydrogens is 258 g/mol. The molecule has 0 amide bonds. The van der Waals surface area contributed by atoms with Crippen LogP contribution in [-0.4, -0.2) is 33.0 Å². The molecular formula is C12H17N7O. The molecule has 0 spiro atoms. The van der Waals surface area contributed by atoms with Crippen LogP contribution in [0, 0.1) is 6.92 Å². The monoisotopic (exact) mass is 275 g/mol. The number of nitrogens with zero attached hydrogens (tertiary/aromatic N) is 5. The molecule has 0 atom stereocenters. The highest BCUT2D eigenvalue weighted by molar-refractivity contribution is 5.42. The van der Waals surface area contributed by atoms with Crippen LogP contribution in [-0.2, 0) is 6.54 Å². The van der Waals surface area contributed by atoms with Crippen molar-refractivity contribution < 1.29 is 4.42 Å². The van der Waals surface area contributed by atoms with Crippen LogP contribution >= 0.6 is 0 Å². The first-order valence-corrected chi connectivity index (χ1v) is 6.62. The molecule has 2 aromatic rings. The summed E-state index contributed by atoms with van der Waals surface area (Å²) in [6.45, 7) is 4.18. The molecule has 0 bridgehead atoms. The van der Waals surface area contributed by atoms with Gasteiger partial charge in [-0.1, -0.05) is 0 Å². The molecule has 8 heteroatoms. The van der Waals surface area contributed by atoms with Crippen LogP contribution in [0.4, 0.5) is 17.8 Å². The van der Waals surface area contributed by atoms with E-state index >= 15 is 0 Å². The van der Waals surface area contributed by atoms with Gasteiger partial charge in [-0.05, 0) is 19.8 Å². The minimum absolute atomic E-state index is 0.216. The maximum Gasteiger partial charge on any atom is 0.231 e. The van der Waals surface area contributed by atoms with Crippen LogP contribution in [0.25, 0.3) is 0 Å². The van der Waals surface area contributed by atoms with Crippen LogP contribution in [0.15, 0.2) is 10.6 Å². The average Bonchev–Trinajstić information content (AvgIpc) is 3.07. The lowest BCUT2D eigenvalue weighted by Crippen LogP contribution is -2.22. The highest BCUT2D eigenvalue weighted by Crippen LogP contribution is 2.17. The molecule has 0 saturated carbocycles. The Morgan fingerprint density at radius 3 is 2.80 bits per heavy atom. The lowest BCUT2D eigenvalue weighted by Gasteiger charge is -2.15. The number of nitrogens with two attached hydrogens (primary N) is 1. The van der Waals surface area contributed by atoms with Gasteiger partial charge in [0.25, 0.3) is 0 Å². The maximum atomic E-state index is 5.73. The van der Waals surface area contributed by atoms with E-state index in [0.29, 0.717) is 24.3 Å². The largest absolute Gasteiger partial charge is 0.444 e. The van der Waals surface area contributed by atoms with Gasteiger partial charge in [0.15, 0.2) is 0 Å². The van der Waals surface area contributed by atoms with E-state index in [9.17, 15) is 0 Å². The van der Waals surface area contributed by atoms with Crippen LogP contribution in [0.5, 0.6) is 0 Å². The molecule has 0 radical (unpaired) electrons. The smallest absolute Gasteiger partial charge is 0.231 e. The summed E-state index contributed by atoms with van der Waals surface area (Å²) in [6, 6.07) is 0. The molecule has 3 heterocycles. The van der Waals surface area contributed by atoms with E-state index in [4.69, 9.17) is 10.2 Å². The Morgan fingerprint density at radius 2 is 2.10 bits per heavy atom. The highest BCUT2D eigenvalue weighted by atomic mass is 16.4. The standard InChI is InChI=1S/C12H17N7O/c1-8-6-14-9(20-8)7-15-11-16-10(13)17-12(18-11)19-4-2-3-5-19/h6H,2-5,7H2,1H3,(H3,13,15,16,17,18). The number of hydrogen-bond donors (Lipinski definition) is 2. The summed E-state index contributed by atoms with van der Waals surface area (Å²) in [4.78, 5) is 18.9. The number of rotatable bonds is 4. The van der Waals surface area contributed by atoms with Crippen molar-refractivity contribution in [1.29, 1.82) is 0 Å². The predicted molar refractivity (Wildman–Crippen MR) is 74.3 cm³/mol. The van der Waals surface area contributed by atoms with E-state index in [0.717, 1.165) is 31.7 Å². The Morgan fingerprint density at radius 1 is 1.30 bits per heavy atom. The molecule has 1 saturated heterocycles. The van der Waals surface area contributed by atoms with Gasteiger partial charge in [0.05, 0.1) is 12.7 Å². The van der Waals surface area contributed by atoms with Crippen LogP contribution in [0.2, 0.25) is 0 Å². The minimum Gasteiger partial charge on any atom is -0.444 e. The summed E-state index contributed by atoms with van der Waals surface area (Å²) in [5, 5.41) is 3.05. The van der Waals surface area contributed by atoms with E-state index in [1.807, 2.05) is 6.92 Å². The molecule has 0 unspecified atom stereocenters. The molecule has 8 nitrogen and oxygen atoms in total. The molecule has 0 aromatic carbocycles. The SMILES string of the molecule is Cc1cnc(CNc2nc(N)nc(N3CCCC3)n2)o1. The van der Waals surface area contributed by atoms with Gasteiger partial charge in [0, 0.05) is 13.1 Å². The van der Waals surface area contributed by atoms with Crippen molar-refractivity contribution in [3.05, 3.63) is 17.8 Å². The van der Waals surface area contributed by atoms with E-state index in [-0.39, 0.29) is 5.95 Å². The van der Waals surface area contributed by atoms with Crippen molar-refractivity contribution in [3.63, 3.8) is 0 Å². The Bertz CT molecular complexity index is 591. The van der Waals surface area contributed by atoms with E-state index in [1.54, 1.807) is 6.20 Å². The first-order valence-electron chi connectivity index (χ1n) is 6.62. The van der Waals surface area contributed by atoms with Gasteiger partial charge in [-0.15, -0.1) is 0 Å². The Labute approximate surface area is 116 Å². The third-order valence-electron chi connectivity index (χ3n) is 3.10. The topological polar surface area (TPSA) is 106 Å². The summed E-state index contributed by atoms with van der Waals surface area (Å²) in [7, 11) is 0. The molecule has 1 fully saturated rings. The highest BCUT2D eigenvalue weighted by Gasteiger charge is 2.16.